The van der Waals surface area contributed by atoms with Gasteiger partial charge < -0.3 is 25.5 Å². The largest absolute Gasteiger partial charge is 0.504 e. The maximum absolute atomic E-state index is 10.8. The zero-order valence-electron chi connectivity index (χ0n) is 14.6. The third-order valence-corrected chi connectivity index (χ3v) is 5.01. The smallest absolute Gasteiger partial charge is 0.201 e. The van der Waals surface area contributed by atoms with E-state index in [2.05, 4.69) is 0 Å². The summed E-state index contributed by atoms with van der Waals surface area (Å²) >= 11 is 0. The van der Waals surface area contributed by atoms with Crippen LogP contribution < -0.4 is 0 Å². The van der Waals surface area contributed by atoms with E-state index < -0.39 is 17.2 Å². The Kier molecular flexibility index (Phi) is 3.73. The number of phenolic OH excluding ortho intramolecular Hbond substituents is 5. The second-order valence-electron chi connectivity index (χ2n) is 6.42. The maximum Gasteiger partial charge on any atom is 0.201 e. The first-order valence-electron chi connectivity index (χ1n) is 8.58. The van der Waals surface area contributed by atoms with Crippen molar-refractivity contribution < 1.29 is 25.5 Å². The van der Waals surface area contributed by atoms with Gasteiger partial charge in [-0.2, -0.15) is 0 Å². The minimum Gasteiger partial charge on any atom is -0.504 e. The lowest BCUT2D eigenvalue weighted by atomic mass is 9.88. The molecule has 0 aromatic heterocycles. The summed E-state index contributed by atoms with van der Waals surface area (Å²) in [5.74, 6) is -2.31. The second-order valence-corrected chi connectivity index (χ2v) is 6.42. The molecule has 5 nitrogen and oxygen atoms in total. The lowest BCUT2D eigenvalue weighted by molar-refractivity contribution is 0.372. The van der Waals surface area contributed by atoms with Crippen molar-refractivity contribution in [3.8, 4) is 39.9 Å². The number of aryl methyl sites for hydroxylation is 1. The van der Waals surface area contributed by atoms with Gasteiger partial charge in [0.2, 0.25) is 5.75 Å². The third kappa shape index (κ3) is 2.25. The van der Waals surface area contributed by atoms with E-state index >= 15 is 0 Å². The van der Waals surface area contributed by atoms with E-state index in [0.717, 1.165) is 5.39 Å². The third-order valence-electron chi connectivity index (χ3n) is 5.01. The summed E-state index contributed by atoms with van der Waals surface area (Å²) in [4.78, 5) is 0. The van der Waals surface area contributed by atoms with Gasteiger partial charge >= 0.3 is 0 Å². The predicted octanol–water partition coefficient (Wildman–Crippen LogP) is 4.75. The molecule has 0 heterocycles. The van der Waals surface area contributed by atoms with Crippen LogP contribution in [0, 0.1) is 0 Å². The van der Waals surface area contributed by atoms with Gasteiger partial charge in [0.15, 0.2) is 23.0 Å². The van der Waals surface area contributed by atoms with Crippen LogP contribution in [0.4, 0.5) is 0 Å². The van der Waals surface area contributed by atoms with Gasteiger partial charge in [-0.25, -0.2) is 0 Å². The van der Waals surface area contributed by atoms with E-state index in [-0.39, 0.29) is 22.6 Å². The fourth-order valence-electron chi connectivity index (χ4n) is 3.74. The van der Waals surface area contributed by atoms with Crippen LogP contribution >= 0.6 is 0 Å². The minimum atomic E-state index is -0.675. The van der Waals surface area contributed by atoms with Crippen LogP contribution in [0.2, 0.25) is 0 Å². The van der Waals surface area contributed by atoms with Crippen LogP contribution in [0.15, 0.2) is 48.5 Å². The van der Waals surface area contributed by atoms with E-state index in [1.165, 1.54) is 0 Å². The Morgan fingerprint density at radius 1 is 0.519 bits per heavy atom. The highest BCUT2D eigenvalue weighted by atomic mass is 16.3. The lowest BCUT2D eigenvalue weighted by Crippen LogP contribution is -1.93. The molecule has 0 saturated carbocycles. The Labute approximate surface area is 155 Å². The molecule has 0 bridgehead atoms. The highest BCUT2D eigenvalue weighted by Crippen LogP contribution is 2.54. The van der Waals surface area contributed by atoms with Gasteiger partial charge in [-0.3, -0.25) is 0 Å². The first-order chi connectivity index (χ1) is 13.0. The van der Waals surface area contributed by atoms with Crippen LogP contribution in [-0.4, -0.2) is 25.5 Å². The number of hydrogen-bond acceptors (Lipinski definition) is 5. The molecule has 0 radical (unpaired) electrons. The molecule has 0 unspecified atom stereocenters. The molecule has 27 heavy (non-hydrogen) atoms. The van der Waals surface area contributed by atoms with Crippen LogP contribution in [0.1, 0.15) is 12.5 Å². The molecule has 5 N–H and O–H groups in total. The average Bonchev–Trinajstić information content (AvgIpc) is 2.69. The monoisotopic (exact) mass is 362 g/mol. The standard InChI is InChI=1S/C22H18O5/c1-2-11-12-7-3-4-8-13(12)16(20(25)18(11)23)17-14-9-5-6-10-15(14)19(24)22(27)21(17)26/h3-10,23-27H,2H2,1H3. The maximum atomic E-state index is 10.8. The average molecular weight is 362 g/mol. The van der Waals surface area contributed by atoms with Gasteiger partial charge in [-0.15, -0.1) is 0 Å². The molecule has 0 aliphatic heterocycles. The SMILES string of the molecule is CCc1c(O)c(O)c(-c2c(O)c(O)c(O)c3ccccc23)c2ccccc12. The van der Waals surface area contributed by atoms with Gasteiger partial charge in [0, 0.05) is 22.1 Å². The predicted molar refractivity (Wildman–Crippen MR) is 105 cm³/mol. The highest BCUT2D eigenvalue weighted by Gasteiger charge is 2.26. The van der Waals surface area contributed by atoms with Crippen molar-refractivity contribution in [3.63, 3.8) is 0 Å². The number of fused-ring (bicyclic) bond motifs is 2. The molecule has 4 aromatic carbocycles. The Balaban J connectivity index is 2.28. The van der Waals surface area contributed by atoms with Gasteiger partial charge in [-0.1, -0.05) is 55.5 Å². The zero-order chi connectivity index (χ0) is 19.3. The molecule has 0 fully saturated rings. The molecule has 0 atom stereocenters. The summed E-state index contributed by atoms with van der Waals surface area (Å²) in [5.41, 5.74) is 0.940. The molecule has 0 saturated heterocycles. The van der Waals surface area contributed by atoms with Crippen molar-refractivity contribution in [1.82, 2.24) is 0 Å². The van der Waals surface area contributed by atoms with Gasteiger partial charge in [0.25, 0.3) is 0 Å². The van der Waals surface area contributed by atoms with E-state index in [1.54, 1.807) is 36.4 Å². The molecular formula is C22H18O5. The zero-order valence-corrected chi connectivity index (χ0v) is 14.6. The number of benzene rings is 4. The number of hydrogen-bond donors (Lipinski definition) is 5. The summed E-state index contributed by atoms with van der Waals surface area (Å²) in [5, 5.41) is 54.6. The Hall–Kier alpha value is -3.60. The molecule has 0 amide bonds. The van der Waals surface area contributed by atoms with Gasteiger partial charge in [-0.05, 0) is 22.6 Å². The Morgan fingerprint density at radius 3 is 1.52 bits per heavy atom. The van der Waals surface area contributed by atoms with Crippen LogP contribution in [0.3, 0.4) is 0 Å². The summed E-state index contributed by atoms with van der Waals surface area (Å²) < 4.78 is 0. The van der Waals surface area contributed by atoms with Crippen molar-refractivity contribution in [2.75, 3.05) is 0 Å². The number of phenols is 5. The number of rotatable bonds is 2. The highest BCUT2D eigenvalue weighted by molar-refractivity contribution is 6.13. The molecule has 4 aromatic rings. The van der Waals surface area contributed by atoms with E-state index in [0.29, 0.717) is 28.1 Å². The van der Waals surface area contributed by atoms with Crippen LogP contribution in [0.25, 0.3) is 32.7 Å². The molecule has 4 rings (SSSR count). The van der Waals surface area contributed by atoms with Gasteiger partial charge in [0.1, 0.15) is 0 Å². The normalized spacial score (nSPS) is 11.3. The first kappa shape index (κ1) is 16.8. The van der Waals surface area contributed by atoms with E-state index in [4.69, 9.17) is 0 Å². The number of aromatic hydroxyl groups is 5. The second kappa shape index (κ2) is 5.99. The molecule has 0 spiro atoms. The topological polar surface area (TPSA) is 101 Å². The summed E-state index contributed by atoms with van der Waals surface area (Å²) in [7, 11) is 0. The summed E-state index contributed by atoms with van der Waals surface area (Å²) in [6.07, 6.45) is 0.508. The molecule has 0 aliphatic carbocycles. The van der Waals surface area contributed by atoms with Crippen molar-refractivity contribution in [3.05, 3.63) is 54.1 Å². The van der Waals surface area contributed by atoms with Crippen LogP contribution in [-0.2, 0) is 6.42 Å². The van der Waals surface area contributed by atoms with Crippen molar-refractivity contribution in [2.45, 2.75) is 13.3 Å². The quantitative estimate of drug-likeness (QED) is 0.331. The lowest BCUT2D eigenvalue weighted by Gasteiger charge is -2.19. The van der Waals surface area contributed by atoms with Crippen molar-refractivity contribution in [2.24, 2.45) is 0 Å². The van der Waals surface area contributed by atoms with E-state index in [1.807, 2.05) is 19.1 Å². The van der Waals surface area contributed by atoms with Gasteiger partial charge in [0.05, 0.1) is 0 Å². The van der Waals surface area contributed by atoms with Crippen molar-refractivity contribution in [1.29, 1.82) is 0 Å². The first-order valence-corrected chi connectivity index (χ1v) is 8.58. The van der Waals surface area contributed by atoms with E-state index in [9.17, 15) is 25.5 Å². The fourth-order valence-corrected chi connectivity index (χ4v) is 3.74. The fraction of sp³-hybridized carbons (Fsp3) is 0.0909. The minimum absolute atomic E-state index is 0.146. The molecule has 0 aliphatic rings. The van der Waals surface area contributed by atoms with Crippen LogP contribution in [0.5, 0.6) is 28.7 Å². The Morgan fingerprint density at radius 2 is 0.963 bits per heavy atom. The summed E-state index contributed by atoms with van der Waals surface area (Å²) in [6.45, 7) is 1.87. The summed E-state index contributed by atoms with van der Waals surface area (Å²) in [6, 6.07) is 13.9. The Bertz CT molecular complexity index is 1210. The van der Waals surface area contributed by atoms with Crippen molar-refractivity contribution >= 4 is 21.5 Å². The molecule has 136 valence electrons. The molecule has 5 heteroatoms. The molecular weight excluding hydrogens is 344 g/mol.